The molecule has 1 aliphatic carbocycles. The number of aliphatic hydroxyl groups excluding tert-OH is 1. The van der Waals surface area contributed by atoms with Crippen molar-refractivity contribution in [2.75, 3.05) is 33.3 Å². The Morgan fingerprint density at radius 1 is 1.00 bits per heavy atom. The van der Waals surface area contributed by atoms with Gasteiger partial charge in [-0.15, -0.1) is 0 Å². The molecular weight excluding hydrogens is 288 g/mol. The van der Waals surface area contributed by atoms with E-state index >= 15 is 0 Å². The molecule has 2 saturated heterocycles. The molecule has 2 heterocycles. The normalized spacial score (nSPS) is 25.4. The third kappa shape index (κ3) is 7.51. The molecule has 138 valence electrons. The number of hydrogen-bond donors (Lipinski definition) is 2. The maximum atomic E-state index is 9.48. The zero-order valence-corrected chi connectivity index (χ0v) is 15.9. The molecule has 3 aliphatic rings. The first kappa shape index (κ1) is 20.9. The van der Waals surface area contributed by atoms with Crippen LogP contribution in [-0.4, -0.2) is 61.5 Å². The van der Waals surface area contributed by atoms with E-state index in [-0.39, 0.29) is 6.10 Å². The van der Waals surface area contributed by atoms with Crippen LogP contribution >= 0.6 is 0 Å². The van der Waals surface area contributed by atoms with Crippen molar-refractivity contribution < 1.29 is 9.84 Å². The van der Waals surface area contributed by atoms with Gasteiger partial charge in [-0.3, -0.25) is 0 Å². The molecule has 23 heavy (non-hydrogen) atoms. The number of likely N-dealkylation sites (tertiary alicyclic amines) is 1. The molecule has 0 bridgehead atoms. The van der Waals surface area contributed by atoms with Crippen LogP contribution in [0.15, 0.2) is 0 Å². The molecule has 0 spiro atoms. The van der Waals surface area contributed by atoms with Gasteiger partial charge in [0.2, 0.25) is 0 Å². The van der Waals surface area contributed by atoms with Crippen molar-refractivity contribution in [3.63, 3.8) is 0 Å². The minimum absolute atomic E-state index is 0.0403. The van der Waals surface area contributed by atoms with Crippen LogP contribution in [0.3, 0.4) is 0 Å². The van der Waals surface area contributed by atoms with Crippen LogP contribution in [0, 0.1) is 5.92 Å². The van der Waals surface area contributed by atoms with E-state index in [4.69, 9.17) is 4.74 Å². The molecule has 3 rings (SSSR count). The average molecular weight is 329 g/mol. The Morgan fingerprint density at radius 3 is 1.96 bits per heavy atom. The highest BCUT2D eigenvalue weighted by atomic mass is 16.5. The van der Waals surface area contributed by atoms with Crippen LogP contribution in [0.2, 0.25) is 0 Å². The third-order valence-electron chi connectivity index (χ3n) is 5.53. The monoisotopic (exact) mass is 328 g/mol. The molecule has 4 heteroatoms. The van der Waals surface area contributed by atoms with Crippen molar-refractivity contribution in [3.05, 3.63) is 0 Å². The number of ether oxygens (including phenoxy) is 1. The third-order valence-corrected chi connectivity index (χ3v) is 5.53. The zero-order chi connectivity index (χ0) is 17.1. The summed E-state index contributed by atoms with van der Waals surface area (Å²) in [6.45, 7) is 10.9. The van der Waals surface area contributed by atoms with Crippen LogP contribution in [0.5, 0.6) is 0 Å². The van der Waals surface area contributed by atoms with E-state index in [1.54, 1.807) is 7.11 Å². The number of rotatable bonds is 3. The largest absolute Gasteiger partial charge is 0.393 e. The molecule has 2 aliphatic heterocycles. The zero-order valence-electron chi connectivity index (χ0n) is 15.9. The average Bonchev–Trinajstić information content (AvgIpc) is 2.57. The summed E-state index contributed by atoms with van der Waals surface area (Å²) >= 11 is 0. The second-order valence-electron chi connectivity index (χ2n) is 6.88. The maximum absolute atomic E-state index is 9.48. The van der Waals surface area contributed by atoms with Crippen molar-refractivity contribution >= 4 is 0 Å². The Labute approximate surface area is 144 Å². The van der Waals surface area contributed by atoms with Gasteiger partial charge in [0.25, 0.3) is 0 Å². The first-order chi connectivity index (χ1) is 11.2. The molecule has 4 nitrogen and oxygen atoms in total. The summed E-state index contributed by atoms with van der Waals surface area (Å²) < 4.78 is 4.99. The summed E-state index contributed by atoms with van der Waals surface area (Å²) in [5, 5.41) is 12.9. The van der Waals surface area contributed by atoms with Gasteiger partial charge in [0.05, 0.1) is 12.2 Å². The first-order valence-corrected chi connectivity index (χ1v) is 9.86. The summed E-state index contributed by atoms with van der Waals surface area (Å²) in [6.07, 6.45) is 9.10. The highest BCUT2D eigenvalue weighted by Crippen LogP contribution is 2.23. The van der Waals surface area contributed by atoms with Crippen LogP contribution in [-0.2, 0) is 4.74 Å². The van der Waals surface area contributed by atoms with Gasteiger partial charge in [0.15, 0.2) is 0 Å². The Kier molecular flexibility index (Phi) is 11.1. The number of aliphatic hydroxyl groups is 1. The van der Waals surface area contributed by atoms with E-state index in [1.165, 1.54) is 45.2 Å². The van der Waals surface area contributed by atoms with Crippen molar-refractivity contribution in [2.24, 2.45) is 5.92 Å². The van der Waals surface area contributed by atoms with Crippen LogP contribution in [0.4, 0.5) is 0 Å². The van der Waals surface area contributed by atoms with Gasteiger partial charge in [-0.05, 0) is 70.9 Å². The second kappa shape index (κ2) is 12.2. The molecule has 0 radical (unpaired) electrons. The van der Waals surface area contributed by atoms with E-state index in [2.05, 4.69) is 17.1 Å². The number of piperidine rings is 2. The van der Waals surface area contributed by atoms with Crippen molar-refractivity contribution in [2.45, 2.75) is 84.0 Å². The van der Waals surface area contributed by atoms with Gasteiger partial charge in [0.1, 0.15) is 0 Å². The highest BCUT2D eigenvalue weighted by molar-refractivity contribution is 4.83. The molecule has 1 atom stereocenters. The topological polar surface area (TPSA) is 44.7 Å². The summed E-state index contributed by atoms with van der Waals surface area (Å²) in [6, 6.07) is 0.708. The predicted octanol–water partition coefficient (Wildman–Crippen LogP) is 3.04. The van der Waals surface area contributed by atoms with E-state index in [1.807, 2.05) is 13.8 Å². The van der Waals surface area contributed by atoms with Gasteiger partial charge >= 0.3 is 0 Å². The fourth-order valence-corrected chi connectivity index (χ4v) is 3.52. The number of hydrogen-bond acceptors (Lipinski definition) is 4. The molecule has 1 saturated carbocycles. The molecule has 0 aromatic heterocycles. The number of nitrogens with zero attached hydrogens (tertiary/aromatic N) is 1. The predicted molar refractivity (Wildman–Crippen MR) is 97.9 cm³/mol. The molecular formula is C19H40N2O2. The van der Waals surface area contributed by atoms with Crippen molar-refractivity contribution in [1.82, 2.24) is 10.2 Å². The minimum atomic E-state index is -0.0403. The molecule has 3 fully saturated rings. The second-order valence-corrected chi connectivity index (χ2v) is 6.88. The lowest BCUT2D eigenvalue weighted by Gasteiger charge is -2.39. The first-order valence-electron chi connectivity index (χ1n) is 9.86. The molecule has 0 aromatic carbocycles. The minimum Gasteiger partial charge on any atom is -0.393 e. The fourth-order valence-electron chi connectivity index (χ4n) is 3.52. The van der Waals surface area contributed by atoms with E-state index in [0.717, 1.165) is 31.8 Å². The van der Waals surface area contributed by atoms with Gasteiger partial charge in [0, 0.05) is 26.2 Å². The lowest BCUT2D eigenvalue weighted by atomic mass is 9.89. The van der Waals surface area contributed by atoms with Gasteiger partial charge in [-0.25, -0.2) is 0 Å². The van der Waals surface area contributed by atoms with Gasteiger partial charge < -0.3 is 20.1 Å². The molecule has 2 N–H and O–H groups in total. The highest BCUT2D eigenvalue weighted by Gasteiger charge is 2.27. The Morgan fingerprint density at radius 2 is 1.57 bits per heavy atom. The van der Waals surface area contributed by atoms with Crippen LogP contribution in [0.25, 0.3) is 0 Å². The Balaban J connectivity index is 0.000000276. The van der Waals surface area contributed by atoms with Crippen molar-refractivity contribution in [1.29, 1.82) is 0 Å². The number of methoxy groups -OCH3 is 1. The lowest BCUT2D eigenvalue weighted by molar-refractivity contribution is 0.0412. The van der Waals surface area contributed by atoms with Gasteiger partial charge in [-0.2, -0.15) is 0 Å². The van der Waals surface area contributed by atoms with Crippen molar-refractivity contribution in [3.8, 4) is 0 Å². The molecule has 0 aromatic rings. The summed E-state index contributed by atoms with van der Waals surface area (Å²) in [4.78, 5) is 2.57. The van der Waals surface area contributed by atoms with E-state index in [9.17, 15) is 5.11 Å². The maximum Gasteiger partial charge on any atom is 0.0571 e. The molecule has 0 amide bonds. The summed E-state index contributed by atoms with van der Waals surface area (Å²) in [5.41, 5.74) is 0. The smallest absolute Gasteiger partial charge is 0.0571 e. The lowest BCUT2D eigenvalue weighted by Crippen LogP contribution is -2.47. The van der Waals surface area contributed by atoms with Crippen LogP contribution in [0.1, 0.15) is 65.7 Å². The van der Waals surface area contributed by atoms with Gasteiger partial charge in [-0.1, -0.05) is 13.8 Å². The fraction of sp³-hybridized carbons (Fsp3) is 1.00. The summed E-state index contributed by atoms with van der Waals surface area (Å²) in [5.74, 6) is 0.862. The Hall–Kier alpha value is -0.160. The van der Waals surface area contributed by atoms with E-state index in [0.29, 0.717) is 12.1 Å². The van der Waals surface area contributed by atoms with E-state index < -0.39 is 0 Å². The standard InChI is InChI=1S/C12H24N2O.C5H10O.C2H6/c1-10(11-2-6-13-7-3-11)14-8-4-12(15)5-9-14;1-6-5-3-2-4-5;1-2/h10-13,15H,2-9H2,1H3;5H,2-4H2,1H3;1-2H3. The quantitative estimate of drug-likeness (QED) is 0.836. The SMILES string of the molecule is CC.CC(C1CCNCC1)N1CCC(O)CC1.COC1CCC1. The number of nitrogens with one attached hydrogen (secondary N) is 1. The van der Waals surface area contributed by atoms with Crippen LogP contribution < -0.4 is 5.32 Å². The summed E-state index contributed by atoms with van der Waals surface area (Å²) in [7, 11) is 1.78. The Bertz CT molecular complexity index is 268. The molecule has 1 unspecified atom stereocenters.